The first kappa shape index (κ1) is 20.9. The van der Waals surface area contributed by atoms with Crippen LogP contribution in [0, 0.1) is 12.3 Å². The molecule has 2 fully saturated rings. The first-order valence-electron chi connectivity index (χ1n) is 10.3. The molecule has 0 radical (unpaired) electrons. The Morgan fingerprint density at radius 2 is 1.70 bits per heavy atom. The predicted molar refractivity (Wildman–Crippen MR) is 115 cm³/mol. The molecule has 2 saturated heterocycles. The summed E-state index contributed by atoms with van der Waals surface area (Å²) in [6.45, 7) is 3.85. The average molecular weight is 429 g/mol. The second-order valence-corrected chi connectivity index (χ2v) is 10.3. The summed E-state index contributed by atoms with van der Waals surface area (Å²) in [5, 5.41) is 0. The maximum absolute atomic E-state index is 13.3. The maximum atomic E-state index is 13.3. The second kappa shape index (κ2) is 8.04. The average Bonchev–Trinajstić information content (AvgIpc) is 3.04. The number of likely N-dealkylation sites (tertiary alicyclic amines) is 1. The summed E-state index contributed by atoms with van der Waals surface area (Å²) in [5.41, 5.74) is 1.45. The largest absolute Gasteiger partial charge is 0.497 e. The number of amides is 1. The minimum atomic E-state index is -3.60. The van der Waals surface area contributed by atoms with Crippen LogP contribution in [-0.2, 0) is 21.4 Å². The van der Waals surface area contributed by atoms with Crippen molar-refractivity contribution in [1.82, 2.24) is 9.21 Å². The molecule has 2 aliphatic rings. The molecule has 7 heteroatoms. The molecule has 0 bridgehead atoms. The molecular formula is C23H28N2O4S. The van der Waals surface area contributed by atoms with E-state index in [0.29, 0.717) is 37.4 Å². The Balaban J connectivity index is 1.50. The van der Waals surface area contributed by atoms with E-state index in [0.717, 1.165) is 23.3 Å². The van der Waals surface area contributed by atoms with Gasteiger partial charge < -0.3 is 9.64 Å². The molecule has 0 N–H and O–H groups in total. The summed E-state index contributed by atoms with van der Waals surface area (Å²) in [4.78, 5) is 15.5. The number of aryl methyl sites for hydroxylation is 1. The van der Waals surface area contributed by atoms with Crippen LogP contribution in [0.15, 0.2) is 53.4 Å². The van der Waals surface area contributed by atoms with Gasteiger partial charge >= 0.3 is 0 Å². The van der Waals surface area contributed by atoms with E-state index >= 15 is 0 Å². The van der Waals surface area contributed by atoms with E-state index in [2.05, 4.69) is 0 Å². The second-order valence-electron chi connectivity index (χ2n) is 8.36. The lowest BCUT2D eigenvalue weighted by Crippen LogP contribution is -2.49. The van der Waals surface area contributed by atoms with Crippen molar-refractivity contribution in [3.8, 4) is 5.75 Å². The minimum absolute atomic E-state index is 0.0714. The number of piperidine rings is 1. The molecule has 0 aromatic heterocycles. The monoisotopic (exact) mass is 428 g/mol. The van der Waals surface area contributed by atoms with Gasteiger partial charge in [-0.2, -0.15) is 4.31 Å². The number of methoxy groups -OCH3 is 1. The van der Waals surface area contributed by atoms with Gasteiger partial charge in [-0.25, -0.2) is 8.42 Å². The number of sulfonamides is 1. The third-order valence-electron chi connectivity index (χ3n) is 6.33. The van der Waals surface area contributed by atoms with Gasteiger partial charge in [0, 0.05) is 26.2 Å². The van der Waals surface area contributed by atoms with Crippen molar-refractivity contribution in [3.63, 3.8) is 0 Å². The summed E-state index contributed by atoms with van der Waals surface area (Å²) in [5.74, 6) is 0.856. The van der Waals surface area contributed by atoms with Gasteiger partial charge in [0.2, 0.25) is 15.9 Å². The molecule has 0 saturated carbocycles. The predicted octanol–water partition coefficient (Wildman–Crippen LogP) is 3.21. The molecule has 2 aliphatic heterocycles. The Hall–Kier alpha value is -2.38. The van der Waals surface area contributed by atoms with Crippen LogP contribution in [0.4, 0.5) is 0 Å². The van der Waals surface area contributed by atoms with E-state index in [1.807, 2.05) is 48.2 Å². The van der Waals surface area contributed by atoms with Crippen molar-refractivity contribution in [2.75, 3.05) is 26.7 Å². The standard InChI is InChI=1S/C23H28N2O4S/c1-18-4-10-21(11-5-18)30(27,28)25-14-3-12-23(17-25)13-15-24(22(23)26)16-19-6-8-20(29-2)9-7-19/h4-11H,3,12-17H2,1-2H3. The van der Waals surface area contributed by atoms with Gasteiger partial charge in [-0.15, -0.1) is 0 Å². The molecule has 2 aromatic carbocycles. The first-order chi connectivity index (χ1) is 14.3. The van der Waals surface area contributed by atoms with Crippen LogP contribution < -0.4 is 4.74 Å². The Kier molecular flexibility index (Phi) is 5.59. The maximum Gasteiger partial charge on any atom is 0.243 e. The Bertz CT molecular complexity index is 1020. The fourth-order valence-electron chi connectivity index (χ4n) is 4.53. The molecule has 160 valence electrons. The third kappa shape index (κ3) is 3.84. The zero-order chi connectivity index (χ0) is 21.4. The number of hydrogen-bond acceptors (Lipinski definition) is 4. The number of nitrogens with zero attached hydrogens (tertiary/aromatic N) is 2. The Labute approximate surface area is 178 Å². The van der Waals surface area contributed by atoms with Crippen molar-refractivity contribution in [1.29, 1.82) is 0 Å². The molecule has 1 spiro atoms. The van der Waals surface area contributed by atoms with Crippen LogP contribution in [0.2, 0.25) is 0 Å². The lowest BCUT2D eigenvalue weighted by molar-refractivity contribution is -0.138. The molecule has 30 heavy (non-hydrogen) atoms. The molecule has 2 aromatic rings. The van der Waals surface area contributed by atoms with Crippen molar-refractivity contribution >= 4 is 15.9 Å². The van der Waals surface area contributed by atoms with E-state index < -0.39 is 15.4 Å². The normalized spacial score (nSPS) is 22.6. The topological polar surface area (TPSA) is 66.9 Å². The highest BCUT2D eigenvalue weighted by molar-refractivity contribution is 7.89. The van der Waals surface area contributed by atoms with Gasteiger partial charge in [-0.3, -0.25) is 4.79 Å². The zero-order valence-electron chi connectivity index (χ0n) is 17.5. The number of ether oxygens (including phenoxy) is 1. The van der Waals surface area contributed by atoms with Gasteiger partial charge in [0.1, 0.15) is 5.75 Å². The Morgan fingerprint density at radius 1 is 1.00 bits per heavy atom. The van der Waals surface area contributed by atoms with Crippen LogP contribution in [0.25, 0.3) is 0 Å². The van der Waals surface area contributed by atoms with Gasteiger partial charge in [-0.05, 0) is 56.0 Å². The highest BCUT2D eigenvalue weighted by Crippen LogP contribution is 2.42. The van der Waals surface area contributed by atoms with Crippen molar-refractivity contribution in [2.24, 2.45) is 5.41 Å². The van der Waals surface area contributed by atoms with Gasteiger partial charge in [-0.1, -0.05) is 29.8 Å². The van der Waals surface area contributed by atoms with E-state index in [1.54, 1.807) is 19.2 Å². The number of carbonyl (C=O) groups is 1. The van der Waals surface area contributed by atoms with Crippen LogP contribution in [0.1, 0.15) is 30.4 Å². The first-order valence-corrected chi connectivity index (χ1v) is 11.8. The molecule has 4 rings (SSSR count). The zero-order valence-corrected chi connectivity index (χ0v) is 18.3. The summed E-state index contributed by atoms with van der Waals surface area (Å²) < 4.78 is 33.0. The summed E-state index contributed by atoms with van der Waals surface area (Å²) >= 11 is 0. The number of rotatable bonds is 5. The van der Waals surface area contributed by atoms with E-state index in [1.165, 1.54) is 4.31 Å². The number of benzene rings is 2. The minimum Gasteiger partial charge on any atom is -0.497 e. The van der Waals surface area contributed by atoms with E-state index in [4.69, 9.17) is 4.74 Å². The lowest BCUT2D eigenvalue weighted by atomic mass is 9.79. The Morgan fingerprint density at radius 3 is 2.37 bits per heavy atom. The van der Waals surface area contributed by atoms with Gasteiger partial charge in [0.25, 0.3) is 0 Å². The molecule has 1 unspecified atom stereocenters. The lowest BCUT2D eigenvalue weighted by Gasteiger charge is -2.38. The molecule has 1 atom stereocenters. The highest BCUT2D eigenvalue weighted by Gasteiger charge is 2.50. The quantitative estimate of drug-likeness (QED) is 0.734. The SMILES string of the molecule is COc1ccc(CN2CCC3(CCCN(S(=O)(=O)c4ccc(C)cc4)C3)C2=O)cc1. The summed E-state index contributed by atoms with van der Waals surface area (Å²) in [6, 6.07) is 14.6. The molecule has 1 amide bonds. The fraction of sp³-hybridized carbons (Fsp3) is 0.435. The van der Waals surface area contributed by atoms with Crippen LogP contribution >= 0.6 is 0 Å². The van der Waals surface area contributed by atoms with Crippen LogP contribution in [-0.4, -0.2) is 50.3 Å². The van der Waals surface area contributed by atoms with Crippen molar-refractivity contribution in [3.05, 3.63) is 59.7 Å². The van der Waals surface area contributed by atoms with Crippen LogP contribution in [0.3, 0.4) is 0 Å². The van der Waals surface area contributed by atoms with E-state index in [-0.39, 0.29) is 12.5 Å². The summed E-state index contributed by atoms with van der Waals surface area (Å²) in [7, 11) is -1.97. The highest BCUT2D eigenvalue weighted by atomic mass is 32.2. The fourth-order valence-corrected chi connectivity index (χ4v) is 6.09. The number of carbonyl (C=O) groups excluding carboxylic acids is 1. The van der Waals surface area contributed by atoms with E-state index in [9.17, 15) is 13.2 Å². The molecule has 2 heterocycles. The molecular weight excluding hydrogens is 400 g/mol. The van der Waals surface area contributed by atoms with Crippen molar-refractivity contribution < 1.29 is 17.9 Å². The smallest absolute Gasteiger partial charge is 0.243 e. The van der Waals surface area contributed by atoms with Crippen LogP contribution in [0.5, 0.6) is 5.75 Å². The molecule has 6 nitrogen and oxygen atoms in total. The summed E-state index contributed by atoms with van der Waals surface area (Å²) in [6.07, 6.45) is 2.14. The van der Waals surface area contributed by atoms with Gasteiger partial charge in [0.05, 0.1) is 17.4 Å². The van der Waals surface area contributed by atoms with Crippen molar-refractivity contribution in [2.45, 2.75) is 37.6 Å². The molecule has 0 aliphatic carbocycles. The van der Waals surface area contributed by atoms with Gasteiger partial charge in [0.15, 0.2) is 0 Å². The third-order valence-corrected chi connectivity index (χ3v) is 8.19. The number of hydrogen-bond donors (Lipinski definition) is 0.